The number of benzene rings is 2. The monoisotopic (exact) mass is 547 g/mol. The maximum atomic E-state index is 12.9. The van der Waals surface area contributed by atoms with Gasteiger partial charge in [0.15, 0.2) is 6.79 Å². The molecule has 0 N–H and O–H groups in total. The lowest BCUT2D eigenvalue weighted by atomic mass is 9.85. The van der Waals surface area contributed by atoms with Crippen LogP contribution in [0, 0.1) is 0 Å². The molecule has 7 heteroatoms. The van der Waals surface area contributed by atoms with Crippen molar-refractivity contribution in [2.75, 3.05) is 27.1 Å². The summed E-state index contributed by atoms with van der Waals surface area (Å²) in [6, 6.07) is 13.4. The number of rotatable bonds is 11. The summed E-state index contributed by atoms with van der Waals surface area (Å²) in [5, 5.41) is 0. The van der Waals surface area contributed by atoms with Crippen molar-refractivity contribution in [3.8, 4) is 5.75 Å². The molecule has 0 spiro atoms. The van der Waals surface area contributed by atoms with Gasteiger partial charge < -0.3 is 18.9 Å². The van der Waals surface area contributed by atoms with Crippen molar-refractivity contribution in [3.05, 3.63) is 63.6 Å². The van der Waals surface area contributed by atoms with E-state index >= 15 is 0 Å². The van der Waals surface area contributed by atoms with Crippen molar-refractivity contribution in [3.63, 3.8) is 0 Å². The third kappa shape index (κ3) is 10.1. The minimum atomic E-state index is -0.590. The molecule has 0 bridgehead atoms. The molecule has 35 heavy (non-hydrogen) atoms. The summed E-state index contributed by atoms with van der Waals surface area (Å²) < 4.78 is 23.0. The summed E-state index contributed by atoms with van der Waals surface area (Å²) in [6.07, 6.45) is 1.85. The van der Waals surface area contributed by atoms with Gasteiger partial charge in [0.25, 0.3) is 0 Å². The van der Waals surface area contributed by atoms with Gasteiger partial charge in [0.1, 0.15) is 11.4 Å². The van der Waals surface area contributed by atoms with Gasteiger partial charge in [-0.3, -0.25) is 9.79 Å². The van der Waals surface area contributed by atoms with Crippen molar-refractivity contribution >= 4 is 28.1 Å². The highest BCUT2D eigenvalue weighted by Gasteiger charge is 2.27. The molecule has 0 saturated carbocycles. The number of methoxy groups -OCH3 is 1. The molecule has 2 aromatic carbocycles. The second-order valence-electron chi connectivity index (χ2n) is 10.3. The number of halogens is 1. The predicted octanol–water partition coefficient (Wildman–Crippen LogP) is 6.64. The Kier molecular flexibility index (Phi) is 10.9. The number of esters is 1. The second kappa shape index (κ2) is 13.2. The van der Waals surface area contributed by atoms with Gasteiger partial charge in [-0.15, -0.1) is 0 Å². The van der Waals surface area contributed by atoms with Gasteiger partial charge in [0, 0.05) is 18.9 Å². The van der Waals surface area contributed by atoms with E-state index in [9.17, 15) is 4.79 Å². The van der Waals surface area contributed by atoms with E-state index in [4.69, 9.17) is 23.9 Å². The van der Waals surface area contributed by atoms with Crippen LogP contribution in [0.3, 0.4) is 0 Å². The second-order valence-corrected chi connectivity index (χ2v) is 11.1. The summed E-state index contributed by atoms with van der Waals surface area (Å²) in [5.74, 6) is 0.265. The molecule has 2 aromatic rings. The van der Waals surface area contributed by atoms with Gasteiger partial charge in [0.05, 0.1) is 30.1 Å². The van der Waals surface area contributed by atoms with E-state index in [2.05, 4.69) is 42.8 Å². The third-order valence-corrected chi connectivity index (χ3v) is 5.59. The summed E-state index contributed by atoms with van der Waals surface area (Å²) >= 11 is 3.68. The Labute approximate surface area is 218 Å². The fraction of sp³-hybridized carbons (Fsp3) is 0.500. The third-order valence-electron chi connectivity index (χ3n) is 5.00. The molecule has 2 rings (SSSR count). The average molecular weight is 549 g/mol. The van der Waals surface area contributed by atoms with Gasteiger partial charge in [-0.2, -0.15) is 0 Å². The number of aliphatic imine (C=N–C) groups is 1. The Bertz CT molecular complexity index is 977. The predicted molar refractivity (Wildman–Crippen MR) is 143 cm³/mol. The van der Waals surface area contributed by atoms with Crippen molar-refractivity contribution in [1.82, 2.24) is 0 Å². The molecule has 1 atom stereocenters. The molecule has 192 valence electrons. The minimum Gasteiger partial charge on any atom is -0.466 e. The lowest BCUT2D eigenvalue weighted by Crippen LogP contribution is -2.25. The SMILES string of the molecule is COCCOCOc1c(Br)cc(C(C)(C)C)cc1C(CC(=O)OC(C)(C)C)N=Cc1ccccc1. The van der Waals surface area contributed by atoms with Gasteiger partial charge in [-0.1, -0.05) is 51.1 Å². The van der Waals surface area contributed by atoms with E-state index in [1.807, 2.05) is 57.2 Å². The Morgan fingerprint density at radius 3 is 2.34 bits per heavy atom. The van der Waals surface area contributed by atoms with Crippen molar-refractivity contribution < 1.29 is 23.7 Å². The molecule has 0 saturated heterocycles. The normalized spacial score (nSPS) is 13.1. The van der Waals surface area contributed by atoms with Crippen molar-refractivity contribution in [1.29, 1.82) is 0 Å². The average Bonchev–Trinajstić information content (AvgIpc) is 2.76. The Morgan fingerprint density at radius 2 is 1.74 bits per heavy atom. The lowest BCUT2D eigenvalue weighted by Gasteiger charge is -2.26. The number of nitrogens with zero attached hydrogens (tertiary/aromatic N) is 1. The van der Waals surface area contributed by atoms with Crippen molar-refractivity contribution in [2.24, 2.45) is 4.99 Å². The van der Waals surface area contributed by atoms with E-state index in [1.54, 1.807) is 13.3 Å². The first-order valence-corrected chi connectivity index (χ1v) is 12.5. The molecule has 0 aliphatic heterocycles. The van der Waals surface area contributed by atoms with Crippen LogP contribution in [0.15, 0.2) is 51.9 Å². The van der Waals surface area contributed by atoms with Crippen LogP contribution in [0.25, 0.3) is 0 Å². The van der Waals surface area contributed by atoms with Crippen molar-refractivity contribution in [2.45, 2.75) is 65.0 Å². The van der Waals surface area contributed by atoms with Crippen LogP contribution in [-0.2, 0) is 24.4 Å². The molecule has 0 aliphatic carbocycles. The molecule has 0 fully saturated rings. The molecule has 0 aromatic heterocycles. The van der Waals surface area contributed by atoms with Gasteiger partial charge in [0.2, 0.25) is 0 Å². The molecule has 1 unspecified atom stereocenters. The standard InChI is InChI=1S/C28H38BrNO5/c1-27(2,3)21-15-22(26(23(29)16-21)34-19-33-14-13-32-7)24(17-25(31)35-28(4,5)6)30-18-20-11-9-8-10-12-20/h8-12,15-16,18,24H,13-14,17,19H2,1-7H3. The number of carbonyl (C=O) groups is 1. The number of ether oxygens (including phenoxy) is 4. The number of carbonyl (C=O) groups excluding carboxylic acids is 1. The summed E-state index contributed by atoms with van der Waals surface area (Å²) in [4.78, 5) is 17.7. The van der Waals surface area contributed by atoms with Crippen LogP contribution >= 0.6 is 15.9 Å². The zero-order valence-corrected chi connectivity index (χ0v) is 23.5. The van der Waals surface area contributed by atoms with Crippen LogP contribution in [0.4, 0.5) is 0 Å². The van der Waals surface area contributed by atoms with Gasteiger partial charge in [-0.05, 0) is 65.4 Å². The maximum absolute atomic E-state index is 12.9. The Hall–Kier alpha value is -2.22. The molecular formula is C28H38BrNO5. The summed E-state index contributed by atoms with van der Waals surface area (Å²) in [6.45, 7) is 12.9. The molecular weight excluding hydrogens is 510 g/mol. The smallest absolute Gasteiger partial charge is 0.308 e. The molecule has 6 nitrogen and oxygen atoms in total. The van der Waals surface area contributed by atoms with Gasteiger partial charge >= 0.3 is 5.97 Å². The van der Waals surface area contributed by atoms with Gasteiger partial charge in [-0.25, -0.2) is 0 Å². The number of hydrogen-bond acceptors (Lipinski definition) is 6. The zero-order valence-electron chi connectivity index (χ0n) is 21.9. The van der Waals surface area contributed by atoms with Crippen LogP contribution in [-0.4, -0.2) is 44.9 Å². The fourth-order valence-corrected chi connectivity index (χ4v) is 3.84. The highest BCUT2D eigenvalue weighted by Crippen LogP contribution is 2.40. The van der Waals surface area contributed by atoms with Crippen LogP contribution in [0.5, 0.6) is 5.75 Å². The highest BCUT2D eigenvalue weighted by atomic mass is 79.9. The topological polar surface area (TPSA) is 66.4 Å². The summed E-state index contributed by atoms with van der Waals surface area (Å²) in [7, 11) is 1.62. The van der Waals surface area contributed by atoms with Crippen LogP contribution in [0.1, 0.15) is 70.7 Å². The van der Waals surface area contributed by atoms with E-state index < -0.39 is 11.6 Å². The largest absolute Gasteiger partial charge is 0.466 e. The first kappa shape index (κ1) is 29.0. The highest BCUT2D eigenvalue weighted by molar-refractivity contribution is 9.10. The fourth-order valence-electron chi connectivity index (χ4n) is 3.25. The molecule has 0 amide bonds. The minimum absolute atomic E-state index is 0.0470. The van der Waals surface area contributed by atoms with Crippen LogP contribution in [0.2, 0.25) is 0 Å². The molecule has 0 heterocycles. The zero-order chi connectivity index (χ0) is 26.1. The first-order valence-electron chi connectivity index (χ1n) is 11.7. The quantitative estimate of drug-likeness (QED) is 0.136. The van der Waals surface area contributed by atoms with E-state index in [-0.39, 0.29) is 24.6 Å². The molecule has 0 radical (unpaired) electrons. The first-order chi connectivity index (χ1) is 16.4. The summed E-state index contributed by atoms with van der Waals surface area (Å²) in [5.41, 5.74) is 2.12. The lowest BCUT2D eigenvalue weighted by molar-refractivity contribution is -0.155. The van der Waals surface area contributed by atoms with Crippen LogP contribution < -0.4 is 4.74 Å². The molecule has 0 aliphatic rings. The Balaban J connectivity index is 2.50. The van der Waals surface area contributed by atoms with E-state index in [0.29, 0.717) is 19.0 Å². The Morgan fingerprint density at radius 1 is 1.06 bits per heavy atom. The van der Waals surface area contributed by atoms with E-state index in [0.717, 1.165) is 21.2 Å². The maximum Gasteiger partial charge on any atom is 0.308 e. The number of hydrogen-bond donors (Lipinski definition) is 0. The van der Waals surface area contributed by atoms with E-state index in [1.165, 1.54) is 0 Å².